The molecule has 15 heavy (non-hydrogen) atoms. The fourth-order valence-electron chi connectivity index (χ4n) is 1.27. The maximum atomic E-state index is 13.3. The lowest BCUT2D eigenvalue weighted by molar-refractivity contribution is 0.103. The number of benzene rings is 1. The van der Waals surface area contributed by atoms with E-state index in [0.717, 1.165) is 12.1 Å². The summed E-state index contributed by atoms with van der Waals surface area (Å²) in [5, 5.41) is 0. The number of allylic oxidation sites excluding steroid dienone is 2. The van der Waals surface area contributed by atoms with Gasteiger partial charge in [0, 0.05) is 0 Å². The van der Waals surface area contributed by atoms with E-state index in [2.05, 4.69) is 0 Å². The van der Waals surface area contributed by atoms with E-state index in [0.29, 0.717) is 11.1 Å². The number of aryl methyl sites for hydroxylation is 1. The number of carbonyl (C=O) groups is 1. The third-order valence-corrected chi connectivity index (χ3v) is 1.85. The molecule has 0 radical (unpaired) electrons. The van der Waals surface area contributed by atoms with Crippen LogP contribution in [0, 0.1) is 18.6 Å². The molecule has 80 valence electrons. The van der Waals surface area contributed by atoms with Crippen LogP contribution in [0.2, 0.25) is 0 Å². The van der Waals surface area contributed by atoms with Crippen LogP contribution in [0.5, 0.6) is 0 Å². The fourth-order valence-corrected chi connectivity index (χ4v) is 1.27. The van der Waals surface area contributed by atoms with Crippen molar-refractivity contribution < 1.29 is 13.6 Å². The second-order valence-electron chi connectivity index (χ2n) is 3.69. The lowest BCUT2D eigenvalue weighted by atomic mass is 10.1. The molecule has 0 fully saturated rings. The van der Waals surface area contributed by atoms with Gasteiger partial charge in [-0.3, -0.25) is 4.79 Å². The minimum absolute atomic E-state index is 0.457. The predicted octanol–water partition coefficient (Wildman–Crippen LogP) is 3.42. The zero-order valence-corrected chi connectivity index (χ0v) is 8.90. The highest BCUT2D eigenvalue weighted by Crippen LogP contribution is 2.16. The molecule has 1 aromatic carbocycles. The Morgan fingerprint density at radius 3 is 2.07 bits per heavy atom. The van der Waals surface area contributed by atoms with E-state index in [-0.39, 0.29) is 0 Å². The molecule has 0 saturated heterocycles. The summed E-state index contributed by atoms with van der Waals surface area (Å²) < 4.78 is 26.6. The molecule has 0 aromatic heterocycles. The summed E-state index contributed by atoms with van der Waals surface area (Å²) in [6.07, 6.45) is 1.22. The number of halogens is 2. The van der Waals surface area contributed by atoms with Gasteiger partial charge in [-0.2, -0.15) is 0 Å². The van der Waals surface area contributed by atoms with E-state index in [1.165, 1.54) is 6.08 Å². The summed E-state index contributed by atoms with van der Waals surface area (Å²) in [4.78, 5) is 11.5. The first-order valence-electron chi connectivity index (χ1n) is 4.56. The minimum atomic E-state index is -0.810. The molecule has 0 spiro atoms. The minimum Gasteiger partial charge on any atom is -0.289 e. The Balaban J connectivity index is 3.26. The second-order valence-corrected chi connectivity index (χ2v) is 3.69. The van der Waals surface area contributed by atoms with E-state index in [1.54, 1.807) is 20.8 Å². The van der Waals surface area contributed by atoms with Crippen LogP contribution in [-0.2, 0) is 0 Å². The zero-order chi connectivity index (χ0) is 11.6. The molecule has 0 aliphatic heterocycles. The van der Waals surface area contributed by atoms with Crippen LogP contribution in [0.15, 0.2) is 23.8 Å². The number of hydrogen-bond acceptors (Lipinski definition) is 1. The van der Waals surface area contributed by atoms with Gasteiger partial charge in [0.15, 0.2) is 5.78 Å². The van der Waals surface area contributed by atoms with Gasteiger partial charge in [-0.15, -0.1) is 0 Å². The van der Waals surface area contributed by atoms with E-state index in [1.807, 2.05) is 0 Å². The standard InChI is InChI=1S/C12H12F2O/c1-7(2)4-11(15)12-9(13)5-8(3)6-10(12)14/h4-6H,1-3H3. The van der Waals surface area contributed by atoms with Crippen molar-refractivity contribution in [1.29, 1.82) is 0 Å². The number of hydrogen-bond donors (Lipinski definition) is 0. The van der Waals surface area contributed by atoms with E-state index in [4.69, 9.17) is 0 Å². The van der Waals surface area contributed by atoms with Crippen molar-refractivity contribution in [3.05, 3.63) is 46.5 Å². The number of carbonyl (C=O) groups excluding carboxylic acids is 1. The molecule has 1 aromatic rings. The summed E-state index contributed by atoms with van der Waals surface area (Å²) in [6.45, 7) is 4.96. The fraction of sp³-hybridized carbons (Fsp3) is 0.250. The van der Waals surface area contributed by atoms with Crippen LogP contribution in [0.3, 0.4) is 0 Å². The largest absolute Gasteiger partial charge is 0.289 e. The highest BCUT2D eigenvalue weighted by molar-refractivity contribution is 6.05. The smallest absolute Gasteiger partial charge is 0.191 e. The average Bonchev–Trinajstić information content (AvgIpc) is 1.99. The van der Waals surface area contributed by atoms with Gasteiger partial charge in [-0.1, -0.05) is 5.57 Å². The highest BCUT2D eigenvalue weighted by Gasteiger charge is 2.15. The molecule has 0 aliphatic rings. The van der Waals surface area contributed by atoms with E-state index in [9.17, 15) is 13.6 Å². The van der Waals surface area contributed by atoms with Crippen molar-refractivity contribution in [2.45, 2.75) is 20.8 Å². The van der Waals surface area contributed by atoms with Gasteiger partial charge >= 0.3 is 0 Å². The van der Waals surface area contributed by atoms with Gasteiger partial charge < -0.3 is 0 Å². The Morgan fingerprint density at radius 2 is 1.67 bits per heavy atom. The first kappa shape index (κ1) is 11.6. The van der Waals surface area contributed by atoms with Crippen molar-refractivity contribution in [3.8, 4) is 0 Å². The topological polar surface area (TPSA) is 17.1 Å². The highest BCUT2D eigenvalue weighted by atomic mass is 19.1. The van der Waals surface area contributed by atoms with Crippen molar-refractivity contribution in [2.24, 2.45) is 0 Å². The van der Waals surface area contributed by atoms with Crippen molar-refractivity contribution in [3.63, 3.8) is 0 Å². The SMILES string of the molecule is CC(C)=CC(=O)c1c(F)cc(C)cc1F. The average molecular weight is 210 g/mol. The Morgan fingerprint density at radius 1 is 1.20 bits per heavy atom. The summed E-state index contributed by atoms with van der Waals surface area (Å²) in [5.41, 5.74) is 0.680. The molecule has 1 nitrogen and oxygen atoms in total. The summed E-state index contributed by atoms with van der Waals surface area (Å²) in [6, 6.07) is 2.30. The second kappa shape index (κ2) is 4.34. The van der Waals surface area contributed by atoms with Gasteiger partial charge in [0.2, 0.25) is 0 Å². The van der Waals surface area contributed by atoms with E-state index >= 15 is 0 Å². The summed E-state index contributed by atoms with van der Waals surface area (Å²) in [5.74, 6) is -2.25. The first-order valence-corrected chi connectivity index (χ1v) is 4.56. The molecule has 0 bridgehead atoms. The molecule has 0 aliphatic carbocycles. The Kier molecular flexibility index (Phi) is 3.35. The van der Waals surface area contributed by atoms with Crippen LogP contribution in [-0.4, -0.2) is 5.78 Å². The third kappa shape index (κ3) is 2.72. The molecule has 0 heterocycles. The summed E-state index contributed by atoms with van der Waals surface area (Å²) in [7, 11) is 0. The van der Waals surface area contributed by atoms with Gasteiger partial charge in [0.1, 0.15) is 11.6 Å². The maximum absolute atomic E-state index is 13.3. The van der Waals surface area contributed by atoms with Crippen LogP contribution in [0.4, 0.5) is 8.78 Å². The van der Waals surface area contributed by atoms with Gasteiger partial charge in [-0.25, -0.2) is 8.78 Å². The van der Waals surface area contributed by atoms with Crippen LogP contribution in [0.1, 0.15) is 29.8 Å². The van der Waals surface area contributed by atoms with Gasteiger partial charge in [0.05, 0.1) is 5.56 Å². The normalized spacial score (nSPS) is 9.93. The number of rotatable bonds is 2. The molecule has 0 N–H and O–H groups in total. The van der Waals surface area contributed by atoms with E-state index < -0.39 is 23.0 Å². The Bertz CT molecular complexity index is 406. The maximum Gasteiger partial charge on any atom is 0.191 e. The molecule has 0 saturated carbocycles. The number of ketones is 1. The van der Waals surface area contributed by atoms with Gasteiger partial charge in [-0.05, 0) is 44.5 Å². The van der Waals surface area contributed by atoms with Crippen molar-refractivity contribution >= 4 is 5.78 Å². The van der Waals surface area contributed by atoms with Crippen LogP contribution < -0.4 is 0 Å². The van der Waals surface area contributed by atoms with Crippen LogP contribution >= 0.6 is 0 Å². The monoisotopic (exact) mass is 210 g/mol. The predicted molar refractivity (Wildman–Crippen MR) is 54.9 cm³/mol. The van der Waals surface area contributed by atoms with Crippen LogP contribution in [0.25, 0.3) is 0 Å². The first-order chi connectivity index (χ1) is 6.91. The molecular formula is C12H12F2O. The van der Waals surface area contributed by atoms with Gasteiger partial charge in [0.25, 0.3) is 0 Å². The van der Waals surface area contributed by atoms with Crippen molar-refractivity contribution in [2.75, 3.05) is 0 Å². The molecule has 3 heteroatoms. The quantitative estimate of drug-likeness (QED) is 0.540. The molecule has 1 rings (SSSR count). The Labute approximate surface area is 87.4 Å². The lowest BCUT2D eigenvalue weighted by Crippen LogP contribution is -2.04. The molecule has 0 atom stereocenters. The van der Waals surface area contributed by atoms with Crippen molar-refractivity contribution in [1.82, 2.24) is 0 Å². The molecular weight excluding hydrogens is 198 g/mol. The third-order valence-electron chi connectivity index (χ3n) is 1.85. The molecule has 0 unspecified atom stereocenters. The zero-order valence-electron chi connectivity index (χ0n) is 8.90. The lowest BCUT2D eigenvalue weighted by Gasteiger charge is -2.02. The Hall–Kier alpha value is -1.51. The summed E-state index contributed by atoms with van der Waals surface area (Å²) >= 11 is 0. The molecule has 0 amide bonds.